The number of allylic oxidation sites excluding steroid dienone is 6. The van der Waals surface area contributed by atoms with E-state index in [9.17, 15) is 0 Å². The molecule has 3 rings (SSSR count). The van der Waals surface area contributed by atoms with Gasteiger partial charge in [-0.25, -0.2) is 0 Å². The maximum atomic E-state index is 2.23. The average Bonchev–Trinajstić information content (AvgIpc) is 2.94. The Labute approximate surface area is 127 Å². The summed E-state index contributed by atoms with van der Waals surface area (Å²) in [6, 6.07) is 13.0. The largest absolute Gasteiger partial charge is 0.129 e. The molecule has 0 aliphatic heterocycles. The standard InChI is InChI=1S/C17H15.Zr/c1-12(2)14-8-5-9-16(14)17-11-10-13-6-3-4-7-15(13)17;/h3-11H,1-2H3;/q-1;. The molecule has 0 bridgehead atoms. The van der Waals surface area contributed by atoms with E-state index in [4.69, 9.17) is 0 Å². The predicted octanol–water partition coefficient (Wildman–Crippen LogP) is 4.85. The first-order valence-electron chi connectivity index (χ1n) is 5.98. The molecule has 0 nitrogen and oxygen atoms in total. The molecule has 0 atom stereocenters. The Balaban J connectivity index is 0.00000120. The van der Waals surface area contributed by atoms with E-state index in [1.807, 2.05) is 0 Å². The molecule has 1 aliphatic carbocycles. The van der Waals surface area contributed by atoms with E-state index in [0.717, 1.165) is 0 Å². The second kappa shape index (κ2) is 5.28. The second-order valence-corrected chi connectivity index (χ2v) is 4.69. The van der Waals surface area contributed by atoms with Gasteiger partial charge in [-0.05, 0) is 13.8 Å². The zero-order valence-electron chi connectivity index (χ0n) is 10.7. The van der Waals surface area contributed by atoms with Crippen LogP contribution >= 0.6 is 0 Å². The minimum Gasteiger partial charge on any atom is -0.129 e. The van der Waals surface area contributed by atoms with E-state index in [1.165, 1.54) is 33.1 Å². The summed E-state index contributed by atoms with van der Waals surface area (Å²) in [5.41, 5.74) is 5.43. The van der Waals surface area contributed by atoms with E-state index >= 15 is 0 Å². The summed E-state index contributed by atoms with van der Waals surface area (Å²) in [5, 5.41) is 2.67. The smallest absolute Gasteiger partial charge is 0 e. The Morgan fingerprint density at radius 2 is 1.83 bits per heavy atom. The van der Waals surface area contributed by atoms with Gasteiger partial charge in [0, 0.05) is 26.2 Å². The van der Waals surface area contributed by atoms with Gasteiger partial charge in [0.25, 0.3) is 0 Å². The maximum Gasteiger partial charge on any atom is 0 e. The molecule has 0 fully saturated rings. The number of fused-ring (bicyclic) bond motifs is 1. The van der Waals surface area contributed by atoms with Gasteiger partial charge in [-0.2, -0.15) is 0 Å². The molecule has 2 aromatic carbocycles. The van der Waals surface area contributed by atoms with Crippen LogP contribution in [0.15, 0.2) is 65.8 Å². The quantitative estimate of drug-likeness (QED) is 0.661. The molecule has 0 saturated heterocycles. The van der Waals surface area contributed by atoms with E-state index < -0.39 is 0 Å². The Morgan fingerprint density at radius 3 is 2.61 bits per heavy atom. The van der Waals surface area contributed by atoms with Crippen molar-refractivity contribution in [3.05, 3.63) is 71.3 Å². The van der Waals surface area contributed by atoms with Gasteiger partial charge in [0.15, 0.2) is 0 Å². The van der Waals surface area contributed by atoms with Gasteiger partial charge < -0.3 is 0 Å². The van der Waals surface area contributed by atoms with Gasteiger partial charge >= 0.3 is 0 Å². The van der Waals surface area contributed by atoms with Gasteiger partial charge in [0.2, 0.25) is 0 Å². The number of benzene rings is 1. The van der Waals surface area contributed by atoms with Crippen LogP contribution in [0.3, 0.4) is 0 Å². The van der Waals surface area contributed by atoms with Gasteiger partial charge in [0.1, 0.15) is 0 Å². The first-order chi connectivity index (χ1) is 8.27. The zero-order chi connectivity index (χ0) is 11.8. The van der Waals surface area contributed by atoms with E-state index in [0.29, 0.717) is 0 Å². The molecule has 1 heteroatoms. The first kappa shape index (κ1) is 13.4. The van der Waals surface area contributed by atoms with Crippen LogP contribution in [0, 0.1) is 0 Å². The van der Waals surface area contributed by atoms with Crippen LogP contribution in [0.5, 0.6) is 0 Å². The molecule has 88 valence electrons. The van der Waals surface area contributed by atoms with Crippen LogP contribution in [0.25, 0.3) is 16.3 Å². The fourth-order valence-corrected chi connectivity index (χ4v) is 2.48. The Bertz CT molecular complexity index is 662. The summed E-state index contributed by atoms with van der Waals surface area (Å²) < 4.78 is 0. The summed E-state index contributed by atoms with van der Waals surface area (Å²) in [4.78, 5) is 0. The third kappa shape index (κ3) is 2.13. The molecule has 0 aromatic heterocycles. The topological polar surface area (TPSA) is 0 Å². The SMILES string of the molecule is CC(C)=C1C=CC=C1[c-]1ccc2ccccc21.[Zr]. The minimum atomic E-state index is 0. The van der Waals surface area contributed by atoms with Crippen LogP contribution in [0.2, 0.25) is 0 Å². The molecule has 0 amide bonds. The molecule has 0 unspecified atom stereocenters. The number of hydrogen-bond acceptors (Lipinski definition) is 0. The molecule has 0 radical (unpaired) electrons. The van der Waals surface area contributed by atoms with Gasteiger partial charge in [-0.1, -0.05) is 63.4 Å². The van der Waals surface area contributed by atoms with Crippen LogP contribution in [0.1, 0.15) is 19.4 Å². The van der Waals surface area contributed by atoms with Crippen molar-refractivity contribution in [1.82, 2.24) is 0 Å². The zero-order valence-corrected chi connectivity index (χ0v) is 13.2. The molecule has 0 heterocycles. The van der Waals surface area contributed by atoms with Crippen molar-refractivity contribution in [2.75, 3.05) is 0 Å². The fourth-order valence-electron chi connectivity index (χ4n) is 2.48. The van der Waals surface area contributed by atoms with Gasteiger partial charge in [-0.15, -0.1) is 24.3 Å². The Hall–Kier alpha value is -1.07. The Morgan fingerprint density at radius 1 is 1.06 bits per heavy atom. The van der Waals surface area contributed by atoms with Gasteiger partial charge in [-0.3, -0.25) is 0 Å². The molecule has 0 N–H and O–H groups in total. The normalized spacial score (nSPS) is 13.7. The fraction of sp³-hybridized carbons (Fsp3) is 0.118. The van der Waals surface area contributed by atoms with Crippen molar-refractivity contribution < 1.29 is 26.2 Å². The van der Waals surface area contributed by atoms with E-state index in [2.05, 4.69) is 68.5 Å². The monoisotopic (exact) mass is 309 g/mol. The maximum absolute atomic E-state index is 2.23. The number of rotatable bonds is 1. The molecule has 0 saturated carbocycles. The van der Waals surface area contributed by atoms with E-state index in [-0.39, 0.29) is 26.2 Å². The second-order valence-electron chi connectivity index (χ2n) is 4.69. The van der Waals surface area contributed by atoms with E-state index in [1.54, 1.807) is 0 Å². The molecule has 1 aliphatic rings. The van der Waals surface area contributed by atoms with Gasteiger partial charge in [0.05, 0.1) is 0 Å². The van der Waals surface area contributed by atoms with Crippen molar-refractivity contribution in [1.29, 1.82) is 0 Å². The first-order valence-corrected chi connectivity index (χ1v) is 5.98. The number of hydrogen-bond donors (Lipinski definition) is 0. The summed E-state index contributed by atoms with van der Waals surface area (Å²) >= 11 is 0. The molecular weight excluding hydrogens is 295 g/mol. The summed E-state index contributed by atoms with van der Waals surface area (Å²) in [6.45, 7) is 4.34. The Kier molecular flexibility index (Phi) is 3.92. The summed E-state index contributed by atoms with van der Waals surface area (Å²) in [5.74, 6) is 0. The molecule has 18 heavy (non-hydrogen) atoms. The van der Waals surface area contributed by atoms with Crippen LogP contribution in [0.4, 0.5) is 0 Å². The molecule has 2 aromatic rings. The summed E-state index contributed by atoms with van der Waals surface area (Å²) in [7, 11) is 0. The van der Waals surface area contributed by atoms with Crippen molar-refractivity contribution in [2.24, 2.45) is 0 Å². The van der Waals surface area contributed by atoms with Crippen molar-refractivity contribution >= 4 is 16.3 Å². The van der Waals surface area contributed by atoms with Crippen molar-refractivity contribution in [2.45, 2.75) is 13.8 Å². The third-order valence-electron chi connectivity index (χ3n) is 3.33. The predicted molar refractivity (Wildman–Crippen MR) is 75.0 cm³/mol. The summed E-state index contributed by atoms with van der Waals surface area (Å²) in [6.07, 6.45) is 6.55. The van der Waals surface area contributed by atoms with Crippen molar-refractivity contribution in [3.63, 3.8) is 0 Å². The van der Waals surface area contributed by atoms with Crippen LogP contribution < -0.4 is 0 Å². The third-order valence-corrected chi connectivity index (χ3v) is 3.33. The molecular formula is C17H15Zr-. The van der Waals surface area contributed by atoms with Crippen LogP contribution in [-0.2, 0) is 26.2 Å². The average molecular weight is 311 g/mol. The van der Waals surface area contributed by atoms with Crippen LogP contribution in [-0.4, -0.2) is 0 Å². The van der Waals surface area contributed by atoms with Crippen molar-refractivity contribution in [3.8, 4) is 0 Å². The molecule has 0 spiro atoms. The minimum absolute atomic E-state index is 0.